The molecular formula is C26H32O13. The van der Waals surface area contributed by atoms with Gasteiger partial charge in [0.1, 0.15) is 66.1 Å². The van der Waals surface area contributed by atoms with E-state index in [1.54, 1.807) is 36.4 Å². The summed E-state index contributed by atoms with van der Waals surface area (Å²) in [6.45, 7) is -1.18. The van der Waals surface area contributed by atoms with Crippen LogP contribution in [0.4, 0.5) is 0 Å². The zero-order chi connectivity index (χ0) is 28.3. The van der Waals surface area contributed by atoms with Gasteiger partial charge < -0.3 is 64.9 Å². The van der Waals surface area contributed by atoms with Gasteiger partial charge in [-0.2, -0.15) is 0 Å². The Bertz CT molecular complexity index is 1110. The van der Waals surface area contributed by atoms with Crippen molar-refractivity contribution >= 4 is 12.2 Å². The minimum absolute atomic E-state index is 0.0993. The van der Waals surface area contributed by atoms with E-state index in [-0.39, 0.29) is 11.5 Å². The number of aromatic hydroxyl groups is 1. The molecule has 10 atom stereocenters. The highest BCUT2D eigenvalue weighted by Gasteiger charge is 2.45. The van der Waals surface area contributed by atoms with E-state index in [9.17, 15) is 46.0 Å². The Morgan fingerprint density at radius 3 is 1.59 bits per heavy atom. The molecule has 214 valence electrons. The molecule has 0 aliphatic carbocycles. The molecule has 2 aliphatic heterocycles. The standard InChI is InChI=1S/C26H32O13/c27-10-17-19(30)21(32)23(34)25(38-17)36-15-5-3-12(4-6-15)1-2-13-7-14(29)9-16(8-13)37-26-24(35)22(33)20(31)18(11-28)39-26/h1-9,17-35H,10-11H2/b2-1+. The molecule has 2 fully saturated rings. The average Bonchev–Trinajstić information content (AvgIpc) is 2.93. The number of hydrogen-bond donors (Lipinski definition) is 9. The first-order valence-electron chi connectivity index (χ1n) is 12.2. The molecule has 2 aromatic carbocycles. The Kier molecular flexibility index (Phi) is 9.40. The Morgan fingerprint density at radius 2 is 1.08 bits per heavy atom. The van der Waals surface area contributed by atoms with E-state index in [2.05, 4.69) is 0 Å². The Morgan fingerprint density at radius 1 is 0.590 bits per heavy atom. The van der Waals surface area contributed by atoms with Crippen LogP contribution in [0.1, 0.15) is 11.1 Å². The molecular weight excluding hydrogens is 520 g/mol. The molecule has 9 N–H and O–H groups in total. The predicted octanol–water partition coefficient (Wildman–Crippen LogP) is -2.08. The fourth-order valence-corrected chi connectivity index (χ4v) is 4.22. The van der Waals surface area contributed by atoms with Crippen LogP contribution in [-0.2, 0) is 9.47 Å². The van der Waals surface area contributed by atoms with Gasteiger partial charge in [0.2, 0.25) is 12.6 Å². The maximum atomic E-state index is 10.2. The second-order valence-corrected chi connectivity index (χ2v) is 9.29. The Labute approximate surface area is 222 Å². The molecule has 0 bridgehead atoms. The molecule has 13 nitrogen and oxygen atoms in total. The lowest BCUT2D eigenvalue weighted by molar-refractivity contribution is -0.277. The molecule has 39 heavy (non-hydrogen) atoms. The summed E-state index contributed by atoms with van der Waals surface area (Å²) >= 11 is 0. The minimum Gasteiger partial charge on any atom is -0.508 e. The average molecular weight is 553 g/mol. The van der Waals surface area contributed by atoms with E-state index < -0.39 is 74.6 Å². The molecule has 13 heteroatoms. The van der Waals surface area contributed by atoms with Gasteiger partial charge in [0.05, 0.1) is 13.2 Å². The van der Waals surface area contributed by atoms with Crippen molar-refractivity contribution in [2.75, 3.05) is 13.2 Å². The summed E-state index contributed by atoms with van der Waals surface area (Å²) in [7, 11) is 0. The summed E-state index contributed by atoms with van der Waals surface area (Å²) in [5, 5.41) is 88.7. The van der Waals surface area contributed by atoms with Crippen molar-refractivity contribution in [2.24, 2.45) is 0 Å². The fraction of sp³-hybridized carbons (Fsp3) is 0.462. The van der Waals surface area contributed by atoms with Gasteiger partial charge in [-0.25, -0.2) is 0 Å². The Hall–Kier alpha value is -2.82. The van der Waals surface area contributed by atoms with Crippen molar-refractivity contribution in [3.63, 3.8) is 0 Å². The fourth-order valence-electron chi connectivity index (χ4n) is 4.22. The smallest absolute Gasteiger partial charge is 0.229 e. The molecule has 0 saturated carbocycles. The van der Waals surface area contributed by atoms with Crippen LogP contribution in [0.2, 0.25) is 0 Å². The third-order valence-electron chi connectivity index (χ3n) is 6.46. The number of aliphatic hydroxyl groups is 8. The largest absolute Gasteiger partial charge is 0.508 e. The topological polar surface area (TPSA) is 219 Å². The predicted molar refractivity (Wildman–Crippen MR) is 132 cm³/mol. The van der Waals surface area contributed by atoms with Crippen LogP contribution in [0, 0.1) is 0 Å². The lowest BCUT2D eigenvalue weighted by atomic mass is 9.99. The van der Waals surface area contributed by atoms with Gasteiger partial charge in [0.25, 0.3) is 0 Å². The number of aliphatic hydroxyl groups excluding tert-OH is 8. The highest BCUT2D eigenvalue weighted by molar-refractivity contribution is 5.71. The van der Waals surface area contributed by atoms with E-state index in [0.29, 0.717) is 11.3 Å². The maximum absolute atomic E-state index is 10.2. The molecule has 0 aromatic heterocycles. The normalized spacial score (nSPS) is 35.2. The highest BCUT2D eigenvalue weighted by Crippen LogP contribution is 2.29. The summed E-state index contributed by atoms with van der Waals surface area (Å²) < 4.78 is 21.8. The van der Waals surface area contributed by atoms with E-state index in [4.69, 9.17) is 18.9 Å². The molecule has 2 saturated heterocycles. The summed E-state index contributed by atoms with van der Waals surface area (Å²) in [6.07, 6.45) is -10.9. The SMILES string of the molecule is OCC1OC(Oc2ccc(/C=C/c3cc(O)cc(OC4OC(CO)C(O)C(O)C4O)c3)cc2)C(O)C(O)C1O. The minimum atomic E-state index is -1.61. The van der Waals surface area contributed by atoms with Crippen molar-refractivity contribution in [2.45, 2.75) is 61.4 Å². The summed E-state index contributed by atoms with van der Waals surface area (Å²) in [5.74, 6) is 0.242. The lowest BCUT2D eigenvalue weighted by Gasteiger charge is -2.39. The van der Waals surface area contributed by atoms with Crippen LogP contribution in [0.25, 0.3) is 12.2 Å². The van der Waals surface area contributed by atoms with E-state index >= 15 is 0 Å². The van der Waals surface area contributed by atoms with Crippen molar-refractivity contribution in [3.05, 3.63) is 53.6 Å². The molecule has 2 aliphatic rings. The second kappa shape index (κ2) is 12.6. The molecule has 4 rings (SSSR count). The van der Waals surface area contributed by atoms with Crippen molar-refractivity contribution in [1.82, 2.24) is 0 Å². The second-order valence-electron chi connectivity index (χ2n) is 9.29. The molecule has 10 unspecified atom stereocenters. The van der Waals surface area contributed by atoms with Crippen LogP contribution in [-0.4, -0.2) is 121 Å². The highest BCUT2D eigenvalue weighted by atomic mass is 16.7. The lowest BCUT2D eigenvalue weighted by Crippen LogP contribution is -2.60. The zero-order valence-corrected chi connectivity index (χ0v) is 20.5. The monoisotopic (exact) mass is 552 g/mol. The number of phenolic OH excluding ortho intramolecular Hbond substituents is 1. The van der Waals surface area contributed by atoms with Crippen LogP contribution in [0.5, 0.6) is 17.2 Å². The zero-order valence-electron chi connectivity index (χ0n) is 20.5. The van der Waals surface area contributed by atoms with Gasteiger partial charge in [-0.15, -0.1) is 0 Å². The van der Waals surface area contributed by atoms with Gasteiger partial charge in [-0.05, 0) is 35.4 Å². The van der Waals surface area contributed by atoms with Gasteiger partial charge in [0, 0.05) is 6.07 Å². The third-order valence-corrected chi connectivity index (χ3v) is 6.46. The summed E-state index contributed by atoms with van der Waals surface area (Å²) in [5.41, 5.74) is 1.23. The Balaban J connectivity index is 1.40. The first kappa shape index (κ1) is 29.2. The van der Waals surface area contributed by atoms with Gasteiger partial charge in [0.15, 0.2) is 0 Å². The number of phenols is 1. The molecule has 2 heterocycles. The van der Waals surface area contributed by atoms with E-state index in [0.717, 1.165) is 5.56 Å². The van der Waals surface area contributed by atoms with Gasteiger partial charge in [-0.1, -0.05) is 24.3 Å². The van der Waals surface area contributed by atoms with Crippen molar-refractivity contribution in [3.8, 4) is 17.2 Å². The first-order chi connectivity index (χ1) is 18.6. The quantitative estimate of drug-likeness (QED) is 0.161. The van der Waals surface area contributed by atoms with Crippen molar-refractivity contribution in [1.29, 1.82) is 0 Å². The van der Waals surface area contributed by atoms with Crippen LogP contribution in [0.15, 0.2) is 42.5 Å². The molecule has 2 aromatic rings. The molecule has 0 spiro atoms. The molecule has 0 amide bonds. The molecule has 0 radical (unpaired) electrons. The van der Waals surface area contributed by atoms with E-state index in [1.807, 2.05) is 0 Å². The number of rotatable bonds is 8. The van der Waals surface area contributed by atoms with Gasteiger partial charge in [-0.3, -0.25) is 0 Å². The van der Waals surface area contributed by atoms with Crippen LogP contribution >= 0.6 is 0 Å². The number of benzene rings is 2. The summed E-state index contributed by atoms with van der Waals surface area (Å²) in [6, 6.07) is 10.8. The maximum Gasteiger partial charge on any atom is 0.229 e. The van der Waals surface area contributed by atoms with E-state index in [1.165, 1.54) is 18.2 Å². The summed E-state index contributed by atoms with van der Waals surface area (Å²) in [4.78, 5) is 0. The van der Waals surface area contributed by atoms with Crippen molar-refractivity contribution < 1.29 is 64.9 Å². The number of ether oxygens (including phenoxy) is 4. The third kappa shape index (κ3) is 6.67. The van der Waals surface area contributed by atoms with Gasteiger partial charge >= 0.3 is 0 Å². The van der Waals surface area contributed by atoms with Crippen LogP contribution < -0.4 is 9.47 Å². The number of hydrogen-bond acceptors (Lipinski definition) is 13. The first-order valence-corrected chi connectivity index (χ1v) is 12.2. The van der Waals surface area contributed by atoms with Crippen LogP contribution in [0.3, 0.4) is 0 Å².